The predicted octanol–water partition coefficient (Wildman–Crippen LogP) is 4.32. The molecule has 0 aliphatic carbocycles. The van der Waals surface area contributed by atoms with Gasteiger partial charge in [0.2, 0.25) is 10.0 Å². The number of hydrogen-bond acceptors (Lipinski definition) is 4. The first-order chi connectivity index (χ1) is 14.9. The molecule has 168 valence electrons. The molecule has 8 heteroatoms. The van der Waals surface area contributed by atoms with E-state index in [9.17, 15) is 12.8 Å². The molecule has 2 saturated heterocycles. The highest BCUT2D eigenvalue weighted by Gasteiger charge is 2.32. The minimum absolute atomic E-state index is 0.0169. The number of benzene rings is 2. The Bertz CT molecular complexity index is 988. The van der Waals surface area contributed by atoms with Crippen LogP contribution in [-0.2, 0) is 15.8 Å². The minimum atomic E-state index is -3.35. The van der Waals surface area contributed by atoms with Crippen LogP contribution in [0.1, 0.15) is 31.2 Å². The maximum absolute atomic E-state index is 13.8. The summed E-state index contributed by atoms with van der Waals surface area (Å²) in [5.41, 5.74) is 0.714. The van der Waals surface area contributed by atoms with Crippen LogP contribution in [0.2, 0.25) is 5.02 Å². The maximum Gasteiger partial charge on any atom is 0.218 e. The Kier molecular flexibility index (Phi) is 7.16. The monoisotopic (exact) mass is 466 g/mol. The van der Waals surface area contributed by atoms with Crippen LogP contribution in [0.5, 0.6) is 5.75 Å². The number of ether oxygens (including phenoxy) is 1. The van der Waals surface area contributed by atoms with Gasteiger partial charge in [-0.15, -0.1) is 0 Å². The first-order valence-corrected chi connectivity index (χ1v) is 12.8. The van der Waals surface area contributed by atoms with Crippen LogP contribution in [0.25, 0.3) is 0 Å². The lowest BCUT2D eigenvalue weighted by molar-refractivity contribution is 0.0567. The van der Waals surface area contributed by atoms with Crippen molar-refractivity contribution < 1.29 is 17.5 Å². The lowest BCUT2D eigenvalue weighted by atomic mass is 10.00. The van der Waals surface area contributed by atoms with Gasteiger partial charge in [-0.1, -0.05) is 35.9 Å². The third-order valence-corrected chi connectivity index (χ3v) is 8.26. The van der Waals surface area contributed by atoms with E-state index in [1.165, 1.54) is 6.07 Å². The Balaban J connectivity index is 1.25. The average molecular weight is 467 g/mol. The minimum Gasteiger partial charge on any atom is -0.487 e. The summed E-state index contributed by atoms with van der Waals surface area (Å²) in [7, 11) is -3.35. The zero-order chi connectivity index (χ0) is 21.8. The van der Waals surface area contributed by atoms with Crippen molar-refractivity contribution >= 4 is 21.6 Å². The van der Waals surface area contributed by atoms with Gasteiger partial charge in [-0.3, -0.25) is 0 Å². The fourth-order valence-corrected chi connectivity index (χ4v) is 6.26. The topological polar surface area (TPSA) is 49.9 Å². The molecule has 5 nitrogen and oxygen atoms in total. The number of likely N-dealkylation sites (tertiary alicyclic amines) is 1. The first-order valence-electron chi connectivity index (χ1n) is 10.8. The number of rotatable bonds is 6. The van der Waals surface area contributed by atoms with Crippen molar-refractivity contribution in [3.05, 3.63) is 64.9 Å². The predicted molar refractivity (Wildman–Crippen MR) is 120 cm³/mol. The van der Waals surface area contributed by atoms with Gasteiger partial charge >= 0.3 is 0 Å². The molecule has 0 saturated carbocycles. The van der Waals surface area contributed by atoms with E-state index in [4.69, 9.17) is 16.3 Å². The molecule has 0 spiro atoms. The molecule has 0 atom stereocenters. The van der Waals surface area contributed by atoms with E-state index in [2.05, 4.69) is 4.90 Å². The highest BCUT2D eigenvalue weighted by molar-refractivity contribution is 7.88. The van der Waals surface area contributed by atoms with Crippen molar-refractivity contribution in [2.24, 2.45) is 0 Å². The van der Waals surface area contributed by atoms with Gasteiger partial charge in [-0.05, 0) is 55.5 Å². The standard InChI is InChI=1S/C23H28ClFN2O3S/c24-19-5-3-4-18(16-19)17-31(28,29)27-14-8-20(9-15-27)26-12-10-21(11-13-26)30-23-7-2-1-6-22(23)25/h1-7,16,20-21H,8-15,17H2. The molecule has 2 fully saturated rings. The summed E-state index contributed by atoms with van der Waals surface area (Å²) in [5.74, 6) is -0.0211. The van der Waals surface area contributed by atoms with Gasteiger partial charge in [-0.2, -0.15) is 0 Å². The zero-order valence-electron chi connectivity index (χ0n) is 17.4. The van der Waals surface area contributed by atoms with Gasteiger partial charge in [0.25, 0.3) is 0 Å². The van der Waals surface area contributed by atoms with E-state index in [1.54, 1.807) is 46.8 Å². The van der Waals surface area contributed by atoms with E-state index in [0.717, 1.165) is 38.8 Å². The van der Waals surface area contributed by atoms with Crippen LogP contribution < -0.4 is 4.74 Å². The molecule has 0 amide bonds. The van der Waals surface area contributed by atoms with E-state index in [0.29, 0.717) is 35.5 Å². The molecule has 0 unspecified atom stereocenters. The molecule has 2 aliphatic heterocycles. The Labute approximate surface area is 188 Å². The van der Waals surface area contributed by atoms with Crippen LogP contribution in [-0.4, -0.2) is 55.9 Å². The number of piperidine rings is 2. The second-order valence-electron chi connectivity index (χ2n) is 8.30. The lowest BCUT2D eigenvalue weighted by Gasteiger charge is -2.41. The van der Waals surface area contributed by atoms with Crippen LogP contribution in [0, 0.1) is 5.82 Å². The van der Waals surface area contributed by atoms with Crippen LogP contribution in [0.15, 0.2) is 48.5 Å². The molecule has 2 heterocycles. The molecular formula is C23H28ClFN2O3S. The van der Waals surface area contributed by atoms with E-state index in [1.807, 2.05) is 0 Å². The summed E-state index contributed by atoms with van der Waals surface area (Å²) < 4.78 is 46.9. The van der Waals surface area contributed by atoms with Crippen molar-refractivity contribution in [2.45, 2.75) is 43.6 Å². The lowest BCUT2D eigenvalue weighted by Crippen LogP contribution is -2.50. The molecule has 4 rings (SSSR count). The van der Waals surface area contributed by atoms with Crippen molar-refractivity contribution in [1.29, 1.82) is 0 Å². The third kappa shape index (κ3) is 5.77. The Morgan fingerprint density at radius 2 is 1.68 bits per heavy atom. The first kappa shape index (κ1) is 22.5. The number of halogens is 2. The third-order valence-electron chi connectivity index (χ3n) is 6.18. The van der Waals surface area contributed by atoms with Gasteiger partial charge in [0.1, 0.15) is 6.10 Å². The quantitative estimate of drug-likeness (QED) is 0.636. The molecule has 0 aromatic heterocycles. The molecule has 0 N–H and O–H groups in total. The van der Waals surface area contributed by atoms with E-state index < -0.39 is 10.0 Å². The van der Waals surface area contributed by atoms with Crippen LogP contribution in [0.3, 0.4) is 0 Å². The highest BCUT2D eigenvalue weighted by Crippen LogP contribution is 2.26. The summed E-state index contributed by atoms with van der Waals surface area (Å²) in [4.78, 5) is 2.43. The average Bonchev–Trinajstić information content (AvgIpc) is 2.76. The van der Waals surface area contributed by atoms with Crippen molar-refractivity contribution in [3.63, 3.8) is 0 Å². The van der Waals surface area contributed by atoms with Gasteiger partial charge < -0.3 is 9.64 Å². The molecular weight excluding hydrogens is 439 g/mol. The summed E-state index contributed by atoms with van der Waals surface area (Å²) in [6.07, 6.45) is 3.37. The van der Waals surface area contributed by atoms with E-state index in [-0.39, 0.29) is 17.7 Å². The van der Waals surface area contributed by atoms with Crippen LogP contribution in [0.4, 0.5) is 4.39 Å². The van der Waals surface area contributed by atoms with Gasteiger partial charge in [0.15, 0.2) is 11.6 Å². The second kappa shape index (κ2) is 9.86. The van der Waals surface area contributed by atoms with Crippen molar-refractivity contribution in [2.75, 3.05) is 26.2 Å². The van der Waals surface area contributed by atoms with Crippen molar-refractivity contribution in [3.8, 4) is 5.75 Å². The Morgan fingerprint density at radius 1 is 0.968 bits per heavy atom. The molecule has 0 radical (unpaired) electrons. The maximum atomic E-state index is 13.8. The van der Waals surface area contributed by atoms with Crippen molar-refractivity contribution in [1.82, 2.24) is 9.21 Å². The molecule has 2 aliphatic rings. The fraction of sp³-hybridized carbons (Fsp3) is 0.478. The smallest absolute Gasteiger partial charge is 0.218 e. The summed E-state index contributed by atoms with van der Waals surface area (Å²) in [5, 5.41) is 0.550. The molecule has 2 aromatic carbocycles. The largest absolute Gasteiger partial charge is 0.487 e. The Morgan fingerprint density at radius 3 is 2.35 bits per heavy atom. The Hall–Kier alpha value is -1.67. The SMILES string of the molecule is O=S(=O)(Cc1cccc(Cl)c1)N1CCC(N2CCC(Oc3ccccc3F)CC2)CC1. The molecule has 2 aromatic rings. The number of sulfonamides is 1. The second-order valence-corrected chi connectivity index (χ2v) is 10.7. The number of hydrogen-bond donors (Lipinski definition) is 0. The summed E-state index contributed by atoms with van der Waals surface area (Å²) in [6, 6.07) is 13.9. The van der Waals surface area contributed by atoms with Gasteiger partial charge in [0.05, 0.1) is 5.75 Å². The molecule has 0 bridgehead atoms. The zero-order valence-corrected chi connectivity index (χ0v) is 19.0. The van der Waals surface area contributed by atoms with Crippen LogP contribution >= 0.6 is 11.6 Å². The molecule has 31 heavy (non-hydrogen) atoms. The summed E-state index contributed by atoms with van der Waals surface area (Å²) in [6.45, 7) is 2.86. The highest BCUT2D eigenvalue weighted by atomic mass is 35.5. The number of nitrogens with zero attached hydrogens (tertiary/aromatic N) is 2. The van der Waals surface area contributed by atoms with Gasteiger partial charge in [-0.25, -0.2) is 17.1 Å². The summed E-state index contributed by atoms with van der Waals surface area (Å²) >= 11 is 5.99. The fourth-order valence-electron chi connectivity index (χ4n) is 4.49. The number of para-hydroxylation sites is 1. The van der Waals surface area contributed by atoms with E-state index >= 15 is 0 Å². The normalized spacial score (nSPS) is 20.1. The van der Waals surface area contributed by atoms with Gasteiger partial charge in [0, 0.05) is 37.2 Å².